The van der Waals surface area contributed by atoms with E-state index in [1.165, 1.54) is 0 Å². The third kappa shape index (κ3) is 6.41. The van der Waals surface area contributed by atoms with Crippen LogP contribution in [0.3, 0.4) is 0 Å². The number of hydrogen-bond donors (Lipinski definition) is 0. The van der Waals surface area contributed by atoms with Crippen molar-refractivity contribution < 1.29 is 18.7 Å². The number of benzene rings is 1. The van der Waals surface area contributed by atoms with Gasteiger partial charge < -0.3 is 23.9 Å². The second-order valence-corrected chi connectivity index (χ2v) is 9.30. The molecule has 1 saturated heterocycles. The number of furan rings is 1. The molecule has 0 atom stereocenters. The van der Waals surface area contributed by atoms with E-state index in [1.807, 2.05) is 61.2 Å². The largest absolute Gasteiger partial charge is 0.497 e. The van der Waals surface area contributed by atoms with Gasteiger partial charge in [-0.3, -0.25) is 9.59 Å². The summed E-state index contributed by atoms with van der Waals surface area (Å²) < 4.78 is 10.6. The molecule has 0 N–H and O–H groups in total. The number of ether oxygens (including phenoxy) is 1. The van der Waals surface area contributed by atoms with Crippen LogP contribution in [0, 0.1) is 5.92 Å². The number of amides is 2. The normalized spacial score (nSPS) is 13.7. The highest BCUT2D eigenvalue weighted by atomic mass is 16.5. The van der Waals surface area contributed by atoms with Gasteiger partial charge in [0, 0.05) is 38.2 Å². The van der Waals surface area contributed by atoms with Crippen LogP contribution >= 0.6 is 0 Å². The third-order valence-corrected chi connectivity index (χ3v) is 6.18. The molecule has 0 saturated carbocycles. The first-order valence-corrected chi connectivity index (χ1v) is 12.2. The number of piperazine rings is 1. The predicted octanol–water partition coefficient (Wildman–Crippen LogP) is 3.47. The maximum absolute atomic E-state index is 13.1. The highest BCUT2D eigenvalue weighted by Gasteiger charge is 2.26. The maximum atomic E-state index is 13.1. The van der Waals surface area contributed by atoms with Crippen LogP contribution < -0.4 is 9.64 Å². The van der Waals surface area contributed by atoms with E-state index in [2.05, 4.69) is 15.1 Å². The van der Waals surface area contributed by atoms with Crippen LogP contribution in [0.1, 0.15) is 26.0 Å². The van der Waals surface area contributed by atoms with Crippen molar-refractivity contribution in [2.45, 2.75) is 26.8 Å². The summed E-state index contributed by atoms with van der Waals surface area (Å²) in [5.41, 5.74) is 1.76. The Morgan fingerprint density at radius 2 is 1.78 bits per heavy atom. The minimum atomic E-state index is -0.0562. The average molecular weight is 492 g/mol. The molecular weight excluding hydrogens is 458 g/mol. The van der Waals surface area contributed by atoms with Crippen molar-refractivity contribution in [2.75, 3.05) is 44.7 Å². The second-order valence-electron chi connectivity index (χ2n) is 9.30. The first kappa shape index (κ1) is 25.2. The van der Waals surface area contributed by atoms with Gasteiger partial charge in [-0.05, 0) is 54.4 Å². The van der Waals surface area contributed by atoms with Crippen molar-refractivity contribution in [1.29, 1.82) is 0 Å². The molecule has 4 rings (SSSR count). The first-order valence-electron chi connectivity index (χ1n) is 12.2. The van der Waals surface area contributed by atoms with Gasteiger partial charge in [-0.1, -0.05) is 13.8 Å². The van der Waals surface area contributed by atoms with Crippen molar-refractivity contribution >= 4 is 17.6 Å². The van der Waals surface area contributed by atoms with Gasteiger partial charge in [0.25, 0.3) is 0 Å². The third-order valence-electron chi connectivity index (χ3n) is 6.18. The lowest BCUT2D eigenvalue weighted by Gasteiger charge is -2.36. The Bertz CT molecular complexity index is 1120. The molecule has 9 heteroatoms. The van der Waals surface area contributed by atoms with E-state index in [-0.39, 0.29) is 24.3 Å². The topological polar surface area (TPSA) is 92.0 Å². The molecule has 0 spiro atoms. The molecule has 0 radical (unpaired) electrons. The van der Waals surface area contributed by atoms with Crippen molar-refractivity contribution in [3.05, 3.63) is 60.6 Å². The van der Waals surface area contributed by atoms with Gasteiger partial charge in [0.2, 0.25) is 11.8 Å². The quantitative estimate of drug-likeness (QED) is 0.453. The monoisotopic (exact) mass is 491 g/mol. The van der Waals surface area contributed by atoms with Crippen LogP contribution in [0.2, 0.25) is 0 Å². The van der Waals surface area contributed by atoms with Gasteiger partial charge >= 0.3 is 0 Å². The predicted molar refractivity (Wildman–Crippen MR) is 136 cm³/mol. The molecule has 3 heterocycles. The fourth-order valence-electron chi connectivity index (χ4n) is 4.16. The van der Waals surface area contributed by atoms with Gasteiger partial charge in [-0.15, -0.1) is 10.2 Å². The van der Waals surface area contributed by atoms with E-state index in [0.29, 0.717) is 44.9 Å². The van der Waals surface area contributed by atoms with E-state index in [1.54, 1.807) is 24.3 Å². The molecule has 1 fully saturated rings. The average Bonchev–Trinajstić information content (AvgIpc) is 3.41. The SMILES string of the molecule is COc1ccc(-c2ccc(N3CCN(C(=O)CN(Cc4ccco4)C(=O)CC(C)C)CC3)nn2)cc1. The number of hydrogen-bond acceptors (Lipinski definition) is 7. The lowest BCUT2D eigenvalue weighted by Crippen LogP contribution is -2.52. The van der Waals surface area contributed by atoms with Crippen molar-refractivity contribution in [2.24, 2.45) is 5.92 Å². The van der Waals surface area contributed by atoms with Gasteiger partial charge in [-0.25, -0.2) is 0 Å². The molecule has 1 aliphatic heterocycles. The summed E-state index contributed by atoms with van der Waals surface area (Å²) in [6.07, 6.45) is 1.97. The minimum Gasteiger partial charge on any atom is -0.497 e. The van der Waals surface area contributed by atoms with Crippen molar-refractivity contribution in [3.63, 3.8) is 0 Å². The lowest BCUT2D eigenvalue weighted by atomic mass is 10.1. The molecule has 2 amide bonds. The zero-order chi connectivity index (χ0) is 25.5. The van der Waals surface area contributed by atoms with E-state index >= 15 is 0 Å². The number of aromatic nitrogens is 2. The summed E-state index contributed by atoms with van der Waals surface area (Å²) in [6, 6.07) is 15.2. The van der Waals surface area contributed by atoms with Crippen molar-refractivity contribution in [3.8, 4) is 17.0 Å². The molecular formula is C27H33N5O4. The van der Waals surface area contributed by atoms with Crippen LogP contribution in [0.15, 0.2) is 59.2 Å². The Morgan fingerprint density at radius 1 is 1.03 bits per heavy atom. The Morgan fingerprint density at radius 3 is 2.36 bits per heavy atom. The van der Waals surface area contributed by atoms with Crippen LogP contribution in [0.4, 0.5) is 5.82 Å². The molecule has 9 nitrogen and oxygen atoms in total. The Balaban J connectivity index is 1.33. The van der Waals surface area contributed by atoms with Crippen molar-refractivity contribution in [1.82, 2.24) is 20.0 Å². The number of rotatable bonds is 9. The highest BCUT2D eigenvalue weighted by molar-refractivity contribution is 5.85. The summed E-state index contributed by atoms with van der Waals surface area (Å²) in [7, 11) is 1.64. The summed E-state index contributed by atoms with van der Waals surface area (Å²) in [4.78, 5) is 31.4. The highest BCUT2D eigenvalue weighted by Crippen LogP contribution is 2.22. The van der Waals surface area contributed by atoms with E-state index in [9.17, 15) is 9.59 Å². The fraction of sp³-hybridized carbons (Fsp3) is 0.407. The van der Waals surface area contributed by atoms with Gasteiger partial charge in [0.05, 0.1) is 25.6 Å². The Labute approximate surface area is 211 Å². The molecule has 36 heavy (non-hydrogen) atoms. The summed E-state index contributed by atoms with van der Waals surface area (Å²) in [5.74, 6) is 2.36. The molecule has 3 aromatic rings. The van der Waals surface area contributed by atoms with E-state index < -0.39 is 0 Å². The summed E-state index contributed by atoms with van der Waals surface area (Å²) in [6.45, 7) is 6.76. The lowest BCUT2D eigenvalue weighted by molar-refractivity contribution is -0.141. The maximum Gasteiger partial charge on any atom is 0.242 e. The number of carbonyl (C=O) groups is 2. The van der Waals surface area contributed by atoms with E-state index in [4.69, 9.17) is 9.15 Å². The molecule has 190 valence electrons. The van der Waals surface area contributed by atoms with Gasteiger partial charge in [0.1, 0.15) is 18.1 Å². The first-order chi connectivity index (χ1) is 17.4. The molecule has 0 aliphatic carbocycles. The summed E-state index contributed by atoms with van der Waals surface area (Å²) >= 11 is 0. The minimum absolute atomic E-state index is 0.0411. The Hall–Kier alpha value is -3.88. The van der Waals surface area contributed by atoms with Gasteiger partial charge in [0.15, 0.2) is 5.82 Å². The fourth-order valence-corrected chi connectivity index (χ4v) is 4.16. The van der Waals surface area contributed by atoms with Crippen LogP contribution in [0.5, 0.6) is 5.75 Å². The zero-order valence-corrected chi connectivity index (χ0v) is 21.1. The Kier molecular flexibility index (Phi) is 8.20. The number of carbonyl (C=O) groups excluding carboxylic acids is 2. The van der Waals surface area contributed by atoms with E-state index in [0.717, 1.165) is 22.8 Å². The van der Waals surface area contributed by atoms with Gasteiger partial charge in [-0.2, -0.15) is 0 Å². The molecule has 0 unspecified atom stereocenters. The second kappa shape index (κ2) is 11.7. The molecule has 0 bridgehead atoms. The smallest absolute Gasteiger partial charge is 0.242 e. The number of anilines is 1. The number of nitrogens with zero attached hydrogens (tertiary/aromatic N) is 5. The number of methoxy groups -OCH3 is 1. The standard InChI is InChI=1S/C27H33N5O4/c1-20(2)17-26(33)32(18-23-5-4-16-36-23)19-27(34)31-14-12-30(13-15-31)25-11-10-24(28-29-25)21-6-8-22(35-3)9-7-21/h4-11,16,20H,12-15,17-19H2,1-3H3. The van der Waals surface area contributed by atoms with Crippen LogP contribution in [-0.4, -0.2) is 71.6 Å². The molecule has 1 aliphatic rings. The zero-order valence-electron chi connectivity index (χ0n) is 21.1. The molecule has 1 aromatic carbocycles. The summed E-state index contributed by atoms with van der Waals surface area (Å²) in [5, 5.41) is 8.80. The molecule has 2 aromatic heterocycles. The van der Waals surface area contributed by atoms with Crippen LogP contribution in [0.25, 0.3) is 11.3 Å². The van der Waals surface area contributed by atoms with Crippen LogP contribution in [-0.2, 0) is 16.1 Å².